The van der Waals surface area contributed by atoms with E-state index in [9.17, 15) is 4.79 Å². The number of fused-ring (bicyclic) bond motifs is 1. The molecule has 0 radical (unpaired) electrons. The number of rotatable bonds is 1. The predicted molar refractivity (Wildman–Crippen MR) is 72.0 cm³/mol. The van der Waals surface area contributed by atoms with Crippen LogP contribution in [0.15, 0.2) is 42.5 Å². The third kappa shape index (κ3) is 2.16. The van der Waals surface area contributed by atoms with Crippen molar-refractivity contribution in [3.05, 3.63) is 53.6 Å². The van der Waals surface area contributed by atoms with Gasteiger partial charge in [0, 0.05) is 0 Å². The summed E-state index contributed by atoms with van der Waals surface area (Å²) in [6.07, 6.45) is 3.54. The van der Waals surface area contributed by atoms with Gasteiger partial charge in [-0.15, -0.1) is 6.58 Å². The lowest BCUT2D eigenvalue weighted by molar-refractivity contribution is 0.116. The van der Waals surface area contributed by atoms with Crippen molar-refractivity contribution in [1.29, 1.82) is 0 Å². The van der Waals surface area contributed by atoms with Gasteiger partial charge in [-0.05, 0) is 23.6 Å². The Kier molecular flexibility index (Phi) is 3.51. The summed E-state index contributed by atoms with van der Waals surface area (Å²) in [6.45, 7) is 6.36. The molecule has 0 N–H and O–H groups in total. The van der Waals surface area contributed by atoms with Gasteiger partial charge >= 0.3 is 6.09 Å². The largest absolute Gasteiger partial charge is 0.453 e. The molecule has 1 aromatic carbocycles. The second kappa shape index (κ2) is 5.08. The number of carbonyl (C=O) groups is 1. The first kappa shape index (κ1) is 12.4. The highest BCUT2D eigenvalue weighted by atomic mass is 16.5. The molecule has 0 saturated carbocycles. The van der Waals surface area contributed by atoms with Gasteiger partial charge in [-0.25, -0.2) is 4.79 Å². The van der Waals surface area contributed by atoms with E-state index in [1.54, 1.807) is 11.0 Å². The van der Waals surface area contributed by atoms with Crippen molar-refractivity contribution in [1.82, 2.24) is 4.90 Å². The number of amides is 1. The van der Waals surface area contributed by atoms with Crippen molar-refractivity contribution in [2.24, 2.45) is 0 Å². The average Bonchev–Trinajstić information content (AvgIpc) is 2.53. The summed E-state index contributed by atoms with van der Waals surface area (Å²) < 4.78 is 4.85. The van der Waals surface area contributed by atoms with Crippen molar-refractivity contribution >= 4 is 12.2 Å². The van der Waals surface area contributed by atoms with Crippen molar-refractivity contribution in [2.75, 3.05) is 7.11 Å². The molecule has 1 aliphatic rings. The molecule has 1 aromatic rings. The van der Waals surface area contributed by atoms with Crippen LogP contribution in [0.4, 0.5) is 4.79 Å². The van der Waals surface area contributed by atoms with Crippen LogP contribution in [0.2, 0.25) is 0 Å². The Morgan fingerprint density at radius 2 is 2.22 bits per heavy atom. The van der Waals surface area contributed by atoms with E-state index in [2.05, 4.69) is 18.7 Å². The number of hydrogen-bond acceptors (Lipinski definition) is 2. The van der Waals surface area contributed by atoms with Gasteiger partial charge in [0.05, 0.1) is 19.7 Å². The standard InChI is InChI=1S/C15H17NO2/c1-4-14-11(2)9-12-7-5-6-8-13(12)10-16(14)15(17)18-3/h4-9,14H,1,10H2,2-3H3. The molecule has 3 heteroatoms. The van der Waals surface area contributed by atoms with Crippen molar-refractivity contribution in [2.45, 2.75) is 19.5 Å². The van der Waals surface area contributed by atoms with Crippen molar-refractivity contribution < 1.29 is 9.53 Å². The van der Waals surface area contributed by atoms with Crippen LogP contribution in [0.5, 0.6) is 0 Å². The van der Waals surface area contributed by atoms with Crippen LogP contribution < -0.4 is 0 Å². The molecular weight excluding hydrogens is 226 g/mol. The normalized spacial score (nSPS) is 18.4. The number of benzene rings is 1. The van der Waals surface area contributed by atoms with Gasteiger partial charge < -0.3 is 4.74 Å². The fourth-order valence-corrected chi connectivity index (χ4v) is 2.29. The lowest BCUT2D eigenvalue weighted by atomic mass is 10.0. The SMILES string of the molecule is C=CC1C(C)=Cc2ccccc2CN1C(=O)OC. The molecule has 1 unspecified atom stereocenters. The van der Waals surface area contributed by atoms with Gasteiger partial charge in [0.2, 0.25) is 0 Å². The molecule has 18 heavy (non-hydrogen) atoms. The Hall–Kier alpha value is -2.03. The number of hydrogen-bond donors (Lipinski definition) is 0. The second-order valence-corrected chi connectivity index (χ2v) is 4.37. The average molecular weight is 243 g/mol. The summed E-state index contributed by atoms with van der Waals surface area (Å²) in [5.74, 6) is 0. The zero-order valence-electron chi connectivity index (χ0n) is 10.7. The Bertz CT molecular complexity index is 505. The molecular formula is C15H17NO2. The van der Waals surface area contributed by atoms with Crippen LogP contribution in [0.3, 0.4) is 0 Å². The third-order valence-electron chi connectivity index (χ3n) is 3.21. The fourth-order valence-electron chi connectivity index (χ4n) is 2.29. The smallest absolute Gasteiger partial charge is 0.410 e. The number of nitrogens with zero attached hydrogens (tertiary/aromatic N) is 1. The van der Waals surface area contributed by atoms with Gasteiger partial charge in [0.25, 0.3) is 0 Å². The van der Waals surface area contributed by atoms with Crippen LogP contribution in [0.25, 0.3) is 6.08 Å². The lowest BCUT2D eigenvalue weighted by Gasteiger charge is -2.27. The molecule has 0 aliphatic carbocycles. The van der Waals surface area contributed by atoms with Gasteiger partial charge in [0.15, 0.2) is 0 Å². The van der Waals surface area contributed by atoms with Crippen LogP contribution in [-0.2, 0) is 11.3 Å². The third-order valence-corrected chi connectivity index (χ3v) is 3.21. The first-order chi connectivity index (χ1) is 8.67. The molecule has 0 spiro atoms. The summed E-state index contributed by atoms with van der Waals surface area (Å²) >= 11 is 0. The molecule has 94 valence electrons. The number of ether oxygens (including phenoxy) is 1. The summed E-state index contributed by atoms with van der Waals surface area (Å²) in [5.41, 5.74) is 3.35. The lowest BCUT2D eigenvalue weighted by Crippen LogP contribution is -2.38. The van der Waals surface area contributed by atoms with E-state index in [0.717, 1.165) is 16.7 Å². The molecule has 1 heterocycles. The fraction of sp³-hybridized carbons (Fsp3) is 0.267. The number of methoxy groups -OCH3 is 1. The molecule has 0 aromatic heterocycles. The molecule has 2 rings (SSSR count). The van der Waals surface area contributed by atoms with Gasteiger partial charge in [-0.2, -0.15) is 0 Å². The number of carbonyl (C=O) groups excluding carboxylic acids is 1. The van der Waals surface area contributed by atoms with Crippen LogP contribution >= 0.6 is 0 Å². The first-order valence-electron chi connectivity index (χ1n) is 5.90. The minimum Gasteiger partial charge on any atom is -0.453 e. The highest BCUT2D eigenvalue weighted by molar-refractivity contribution is 5.71. The second-order valence-electron chi connectivity index (χ2n) is 4.37. The predicted octanol–water partition coefficient (Wildman–Crippen LogP) is 3.23. The van der Waals surface area contributed by atoms with E-state index in [0.29, 0.717) is 6.54 Å². The first-order valence-corrected chi connectivity index (χ1v) is 5.90. The monoisotopic (exact) mass is 243 g/mol. The summed E-state index contributed by atoms with van der Waals surface area (Å²) in [4.78, 5) is 13.6. The molecule has 0 saturated heterocycles. The topological polar surface area (TPSA) is 29.5 Å². The molecule has 1 aliphatic heterocycles. The Morgan fingerprint density at radius 1 is 1.50 bits per heavy atom. The molecule has 0 bridgehead atoms. The van der Waals surface area contributed by atoms with Crippen molar-refractivity contribution in [3.8, 4) is 0 Å². The van der Waals surface area contributed by atoms with E-state index >= 15 is 0 Å². The quantitative estimate of drug-likeness (QED) is 0.709. The van der Waals surface area contributed by atoms with Crippen LogP contribution in [0.1, 0.15) is 18.1 Å². The molecule has 1 atom stereocenters. The van der Waals surface area contributed by atoms with E-state index < -0.39 is 0 Å². The maximum atomic E-state index is 11.9. The molecule has 3 nitrogen and oxygen atoms in total. The molecule has 1 amide bonds. The highest BCUT2D eigenvalue weighted by Crippen LogP contribution is 2.25. The maximum Gasteiger partial charge on any atom is 0.410 e. The van der Waals surface area contributed by atoms with E-state index in [1.807, 2.05) is 25.1 Å². The van der Waals surface area contributed by atoms with E-state index in [-0.39, 0.29) is 12.1 Å². The molecule has 0 fully saturated rings. The van der Waals surface area contributed by atoms with Crippen LogP contribution in [-0.4, -0.2) is 24.1 Å². The summed E-state index contributed by atoms with van der Waals surface area (Å²) in [5, 5.41) is 0. The highest BCUT2D eigenvalue weighted by Gasteiger charge is 2.26. The zero-order chi connectivity index (χ0) is 13.1. The Labute approximate surface area is 107 Å². The Morgan fingerprint density at radius 3 is 2.89 bits per heavy atom. The van der Waals surface area contributed by atoms with Gasteiger partial charge in [-0.3, -0.25) is 4.90 Å². The van der Waals surface area contributed by atoms with Gasteiger partial charge in [-0.1, -0.05) is 36.4 Å². The zero-order valence-corrected chi connectivity index (χ0v) is 10.7. The van der Waals surface area contributed by atoms with E-state index in [4.69, 9.17) is 4.74 Å². The summed E-state index contributed by atoms with van der Waals surface area (Å²) in [7, 11) is 1.40. The Balaban J connectivity index is 2.48. The summed E-state index contributed by atoms with van der Waals surface area (Å²) in [6, 6.07) is 7.94. The minimum absolute atomic E-state index is 0.121. The van der Waals surface area contributed by atoms with Gasteiger partial charge in [0.1, 0.15) is 0 Å². The van der Waals surface area contributed by atoms with Crippen molar-refractivity contribution in [3.63, 3.8) is 0 Å². The van der Waals surface area contributed by atoms with E-state index in [1.165, 1.54) is 7.11 Å². The maximum absolute atomic E-state index is 11.9. The minimum atomic E-state index is -0.329. The van der Waals surface area contributed by atoms with Crippen LogP contribution in [0, 0.1) is 0 Å².